The van der Waals surface area contributed by atoms with Gasteiger partial charge in [0.05, 0.1) is 12.1 Å². The molecule has 30 heavy (non-hydrogen) atoms. The summed E-state index contributed by atoms with van der Waals surface area (Å²) in [5, 5.41) is 3.15. The zero-order valence-corrected chi connectivity index (χ0v) is 17.0. The molecule has 1 aromatic rings. The zero-order valence-electron chi connectivity index (χ0n) is 17.0. The lowest BCUT2D eigenvalue weighted by atomic mass is 9.59. The summed E-state index contributed by atoms with van der Waals surface area (Å²) in [6, 6.07) is 7.36. The Morgan fingerprint density at radius 3 is 2.63 bits per heavy atom. The average Bonchev–Trinajstić information content (AvgIpc) is 2.74. The number of primary amides is 1. The zero-order chi connectivity index (χ0) is 20.9. The van der Waals surface area contributed by atoms with Crippen LogP contribution < -0.4 is 15.8 Å². The molecule has 3 saturated carbocycles. The van der Waals surface area contributed by atoms with E-state index in [1.807, 2.05) is 28.0 Å². The van der Waals surface area contributed by atoms with Crippen molar-refractivity contribution < 1.29 is 19.1 Å². The minimum absolute atomic E-state index is 0.0188. The molecule has 0 aromatic heterocycles. The van der Waals surface area contributed by atoms with Gasteiger partial charge in [-0.05, 0) is 37.3 Å². The first-order chi connectivity index (χ1) is 14.4. The van der Waals surface area contributed by atoms with Crippen molar-refractivity contribution in [3.05, 3.63) is 29.8 Å². The molecule has 5 aliphatic rings. The molecule has 2 bridgehead atoms. The third-order valence-electron chi connectivity index (χ3n) is 7.35. The van der Waals surface area contributed by atoms with Crippen LogP contribution in [-0.4, -0.2) is 66.0 Å². The molecule has 4 fully saturated rings. The maximum absolute atomic E-state index is 13.3. The average molecular weight is 412 g/mol. The summed E-state index contributed by atoms with van der Waals surface area (Å²) in [6.07, 6.45) is 3.37. The lowest BCUT2D eigenvalue weighted by Crippen LogP contribution is -2.67. The highest BCUT2D eigenvalue weighted by molar-refractivity contribution is 5.98. The molecule has 4 unspecified atom stereocenters. The van der Waals surface area contributed by atoms with E-state index in [2.05, 4.69) is 5.32 Å². The fraction of sp³-hybridized carbons (Fsp3) is 0.591. The maximum atomic E-state index is 13.3. The van der Waals surface area contributed by atoms with E-state index in [1.54, 1.807) is 6.07 Å². The van der Waals surface area contributed by atoms with Gasteiger partial charge in [0.15, 0.2) is 5.72 Å². The molecule has 4 atom stereocenters. The molecule has 8 nitrogen and oxygen atoms in total. The van der Waals surface area contributed by atoms with Crippen molar-refractivity contribution in [1.29, 1.82) is 0 Å². The third-order valence-corrected chi connectivity index (χ3v) is 7.35. The smallest absolute Gasteiger partial charge is 0.258 e. The second kappa shape index (κ2) is 7.27. The number of rotatable bonds is 3. The quantitative estimate of drug-likeness (QED) is 0.755. The minimum atomic E-state index is -0.689. The number of hydrogen-bond acceptors (Lipinski definition) is 5. The molecule has 3 amide bonds. The Morgan fingerprint density at radius 2 is 1.93 bits per heavy atom. The Hall–Kier alpha value is -2.61. The number of para-hydroxylation sites is 1. The van der Waals surface area contributed by atoms with Gasteiger partial charge < -0.3 is 20.7 Å². The van der Waals surface area contributed by atoms with E-state index in [-0.39, 0.29) is 42.0 Å². The van der Waals surface area contributed by atoms with E-state index in [9.17, 15) is 14.4 Å². The second-order valence-corrected chi connectivity index (χ2v) is 9.09. The number of hydrogen-bond donors (Lipinski definition) is 2. The van der Waals surface area contributed by atoms with Crippen LogP contribution in [0.4, 0.5) is 0 Å². The van der Waals surface area contributed by atoms with Crippen LogP contribution in [0.15, 0.2) is 24.3 Å². The Kier molecular flexibility index (Phi) is 4.69. The summed E-state index contributed by atoms with van der Waals surface area (Å²) in [4.78, 5) is 41.1. The number of amides is 3. The van der Waals surface area contributed by atoms with Gasteiger partial charge in [0.25, 0.3) is 5.91 Å². The number of fused-ring (bicyclic) bond motifs is 3. The van der Waals surface area contributed by atoms with Crippen molar-refractivity contribution in [2.75, 3.05) is 32.7 Å². The number of benzene rings is 1. The number of piperazine rings is 1. The number of carbonyl (C=O) groups is 3. The fourth-order valence-corrected chi connectivity index (χ4v) is 5.84. The minimum Gasteiger partial charge on any atom is -0.467 e. The molecule has 3 N–H and O–H groups in total. The van der Waals surface area contributed by atoms with Crippen molar-refractivity contribution in [2.45, 2.75) is 31.4 Å². The van der Waals surface area contributed by atoms with Crippen molar-refractivity contribution in [1.82, 2.24) is 15.1 Å². The molecule has 2 heterocycles. The lowest BCUT2D eigenvalue weighted by Gasteiger charge is -2.55. The maximum Gasteiger partial charge on any atom is 0.258 e. The predicted molar refractivity (Wildman–Crippen MR) is 108 cm³/mol. The van der Waals surface area contributed by atoms with Gasteiger partial charge in [-0.2, -0.15) is 0 Å². The molecular weight excluding hydrogens is 384 g/mol. The van der Waals surface area contributed by atoms with Crippen LogP contribution in [0.5, 0.6) is 5.75 Å². The molecule has 6 rings (SSSR count). The monoisotopic (exact) mass is 412 g/mol. The third kappa shape index (κ3) is 3.23. The highest BCUT2D eigenvalue weighted by atomic mass is 16.5. The van der Waals surface area contributed by atoms with E-state index in [0.717, 1.165) is 19.3 Å². The molecule has 1 spiro atoms. The highest BCUT2D eigenvalue weighted by Crippen LogP contribution is 2.52. The first-order valence-corrected chi connectivity index (χ1v) is 10.9. The summed E-state index contributed by atoms with van der Waals surface area (Å²) < 4.78 is 6.38. The molecular formula is C22H28N4O4. The van der Waals surface area contributed by atoms with Crippen molar-refractivity contribution in [3.63, 3.8) is 0 Å². The number of nitrogens with two attached hydrogens (primary N) is 1. The van der Waals surface area contributed by atoms with Crippen LogP contribution in [0.3, 0.4) is 0 Å². The van der Waals surface area contributed by atoms with Gasteiger partial charge in [-0.25, -0.2) is 0 Å². The Morgan fingerprint density at radius 1 is 1.17 bits per heavy atom. The van der Waals surface area contributed by atoms with Gasteiger partial charge in [-0.3, -0.25) is 19.3 Å². The first-order valence-electron chi connectivity index (χ1n) is 10.9. The number of nitrogens with zero attached hydrogens (tertiary/aromatic N) is 2. The lowest BCUT2D eigenvalue weighted by molar-refractivity contribution is -0.156. The number of nitrogens with one attached hydrogen (secondary N) is 1. The van der Waals surface area contributed by atoms with Crippen LogP contribution in [-0.2, 0) is 9.59 Å². The number of carbonyl (C=O) groups excluding carboxylic acids is 3. The van der Waals surface area contributed by atoms with E-state index in [1.165, 1.54) is 0 Å². The normalized spacial score (nSPS) is 33.0. The number of ether oxygens (including phenoxy) is 1. The largest absolute Gasteiger partial charge is 0.467 e. The van der Waals surface area contributed by atoms with Crippen molar-refractivity contribution in [2.24, 2.45) is 23.5 Å². The molecule has 8 heteroatoms. The predicted octanol–water partition coefficient (Wildman–Crippen LogP) is 0.571. The van der Waals surface area contributed by atoms with Gasteiger partial charge in [0, 0.05) is 44.4 Å². The highest BCUT2D eigenvalue weighted by Gasteiger charge is 2.57. The van der Waals surface area contributed by atoms with Gasteiger partial charge in [0.1, 0.15) is 5.75 Å². The van der Waals surface area contributed by atoms with E-state index >= 15 is 0 Å². The van der Waals surface area contributed by atoms with Gasteiger partial charge in [-0.1, -0.05) is 12.1 Å². The molecule has 1 saturated heterocycles. The first kappa shape index (κ1) is 19.4. The Labute approximate surface area is 175 Å². The van der Waals surface area contributed by atoms with Crippen molar-refractivity contribution >= 4 is 17.7 Å². The summed E-state index contributed by atoms with van der Waals surface area (Å²) in [7, 11) is 0. The molecule has 3 aliphatic carbocycles. The van der Waals surface area contributed by atoms with E-state index in [4.69, 9.17) is 10.5 Å². The van der Waals surface area contributed by atoms with E-state index in [0.29, 0.717) is 43.9 Å². The summed E-state index contributed by atoms with van der Waals surface area (Å²) in [6.45, 7) is 2.86. The second-order valence-electron chi connectivity index (χ2n) is 9.09. The van der Waals surface area contributed by atoms with Gasteiger partial charge >= 0.3 is 0 Å². The SMILES string of the molecule is NC(=O)CN1CCN(C(=O)C2CC3CCC2CC32NC(=O)c3ccccc3O2)CC1. The molecule has 2 aliphatic heterocycles. The standard InChI is InChI=1S/C22H28N4O4/c23-19(27)13-25-7-9-26(10-8-25)21(29)17-11-15-6-5-14(17)12-22(15)24-20(28)16-3-1-2-4-18(16)30-22/h1-4,14-15,17H,5-13H2,(H2,23,27)(H,24,28). The topological polar surface area (TPSA) is 105 Å². The van der Waals surface area contributed by atoms with E-state index < -0.39 is 5.72 Å². The van der Waals surface area contributed by atoms with Crippen LogP contribution in [0.25, 0.3) is 0 Å². The van der Waals surface area contributed by atoms with Crippen LogP contribution in [0.2, 0.25) is 0 Å². The van der Waals surface area contributed by atoms with Gasteiger partial charge in [0.2, 0.25) is 11.8 Å². The summed E-state index contributed by atoms with van der Waals surface area (Å²) in [5.74, 6) is 0.748. The summed E-state index contributed by atoms with van der Waals surface area (Å²) in [5.41, 5.74) is 5.17. The van der Waals surface area contributed by atoms with Crippen LogP contribution >= 0.6 is 0 Å². The molecule has 160 valence electrons. The Bertz CT molecular complexity index is 882. The summed E-state index contributed by atoms with van der Waals surface area (Å²) >= 11 is 0. The molecule has 1 aromatic carbocycles. The van der Waals surface area contributed by atoms with Crippen molar-refractivity contribution in [3.8, 4) is 5.75 Å². The van der Waals surface area contributed by atoms with Gasteiger partial charge in [-0.15, -0.1) is 0 Å². The van der Waals surface area contributed by atoms with Crippen LogP contribution in [0.1, 0.15) is 36.0 Å². The molecule has 0 radical (unpaired) electrons. The fourth-order valence-electron chi connectivity index (χ4n) is 5.84. The van der Waals surface area contributed by atoms with Crippen LogP contribution in [0, 0.1) is 17.8 Å². The Balaban J connectivity index is 1.27.